The highest BCUT2D eigenvalue weighted by atomic mass is 16.3. The van der Waals surface area contributed by atoms with Crippen molar-refractivity contribution in [1.29, 1.82) is 0 Å². The summed E-state index contributed by atoms with van der Waals surface area (Å²) in [4.78, 5) is 26.9. The van der Waals surface area contributed by atoms with Gasteiger partial charge in [0.1, 0.15) is 5.76 Å². The molecule has 0 unspecified atom stereocenters. The number of carbonyl (C=O) groups excluding carboxylic acids is 2. The second-order valence-electron chi connectivity index (χ2n) is 9.84. The summed E-state index contributed by atoms with van der Waals surface area (Å²) in [5, 5.41) is 3.13. The van der Waals surface area contributed by atoms with E-state index in [2.05, 4.69) is 43.4 Å². The number of likely N-dealkylation sites (N-methyl/N-ethyl adjacent to an activating group) is 1. The molecule has 0 bridgehead atoms. The van der Waals surface area contributed by atoms with Crippen LogP contribution in [0.4, 0.5) is 0 Å². The van der Waals surface area contributed by atoms with Gasteiger partial charge >= 0.3 is 0 Å². The zero-order chi connectivity index (χ0) is 21.4. The van der Waals surface area contributed by atoms with Gasteiger partial charge in [-0.1, -0.05) is 44.2 Å². The molecule has 2 amide bonds. The summed E-state index contributed by atoms with van der Waals surface area (Å²) in [6, 6.07) is 14.3. The molecule has 2 aromatic rings. The number of hydrogen-bond acceptors (Lipinski definition) is 3. The molecule has 5 heteroatoms. The first-order valence-electron chi connectivity index (χ1n) is 10.9. The third-order valence-electron chi connectivity index (χ3n) is 7.32. The van der Waals surface area contributed by atoms with Gasteiger partial charge in [0.25, 0.3) is 0 Å². The minimum absolute atomic E-state index is 0.0199. The highest BCUT2D eigenvalue weighted by Crippen LogP contribution is 2.64. The Kier molecular flexibility index (Phi) is 5.25. The first-order chi connectivity index (χ1) is 14.3. The second-order valence-corrected chi connectivity index (χ2v) is 9.84. The summed E-state index contributed by atoms with van der Waals surface area (Å²) in [5.41, 5.74) is 1.13. The van der Waals surface area contributed by atoms with Gasteiger partial charge < -0.3 is 14.6 Å². The highest BCUT2D eigenvalue weighted by Gasteiger charge is 2.62. The summed E-state index contributed by atoms with van der Waals surface area (Å²) in [6.45, 7) is 5.29. The Hall–Kier alpha value is -2.56. The summed E-state index contributed by atoms with van der Waals surface area (Å²) in [7, 11) is 1.91. The molecule has 0 spiro atoms. The van der Waals surface area contributed by atoms with Crippen LogP contribution in [-0.2, 0) is 21.4 Å². The number of rotatable bonds is 8. The molecule has 1 aromatic carbocycles. The summed E-state index contributed by atoms with van der Waals surface area (Å²) in [5.74, 6) is 1.04. The van der Waals surface area contributed by atoms with Gasteiger partial charge in [-0.15, -0.1) is 0 Å². The third-order valence-corrected chi connectivity index (χ3v) is 7.32. The molecule has 1 saturated heterocycles. The Balaban J connectivity index is 1.41. The second kappa shape index (κ2) is 7.60. The van der Waals surface area contributed by atoms with Crippen LogP contribution in [0.15, 0.2) is 53.1 Å². The fraction of sp³-hybridized carbons (Fsp3) is 0.520. The standard InChI is InChI=1S/C25H32N2O3/c1-23(2)17-25(23,19-8-5-4-6-9-19)18-27(3)22(29)12-14-24(13-11-21(28)26-24)16-20-10-7-15-30-20/h4-10,15H,11-14,16-18H2,1-3H3,(H,26,28)/t24-,25+/m0/s1. The Labute approximate surface area is 178 Å². The molecule has 5 nitrogen and oxygen atoms in total. The molecule has 1 N–H and O–H groups in total. The maximum absolute atomic E-state index is 13.1. The molecule has 1 aromatic heterocycles. The van der Waals surface area contributed by atoms with Crippen LogP contribution in [0.25, 0.3) is 0 Å². The average molecular weight is 409 g/mol. The number of benzene rings is 1. The molecular weight excluding hydrogens is 376 g/mol. The molecule has 2 heterocycles. The van der Waals surface area contributed by atoms with Crippen molar-refractivity contribution in [3.05, 3.63) is 60.1 Å². The Morgan fingerprint density at radius 3 is 2.47 bits per heavy atom. The molecule has 2 aliphatic rings. The van der Waals surface area contributed by atoms with Gasteiger partial charge in [-0.3, -0.25) is 9.59 Å². The topological polar surface area (TPSA) is 62.6 Å². The average Bonchev–Trinajstić information content (AvgIpc) is 3.08. The smallest absolute Gasteiger partial charge is 0.222 e. The molecular formula is C25H32N2O3. The fourth-order valence-corrected chi connectivity index (χ4v) is 5.28. The van der Waals surface area contributed by atoms with Gasteiger partial charge in [0.2, 0.25) is 11.8 Å². The van der Waals surface area contributed by atoms with Crippen LogP contribution in [0.5, 0.6) is 0 Å². The van der Waals surface area contributed by atoms with Crippen molar-refractivity contribution < 1.29 is 14.0 Å². The van der Waals surface area contributed by atoms with E-state index in [0.717, 1.165) is 25.1 Å². The summed E-state index contributed by atoms with van der Waals surface area (Å²) < 4.78 is 5.51. The SMILES string of the molecule is CN(C[C@@]1(c2ccccc2)CC1(C)C)C(=O)CC[C@]1(Cc2ccco2)CCC(=O)N1. The van der Waals surface area contributed by atoms with E-state index >= 15 is 0 Å². The molecule has 4 rings (SSSR count). The number of nitrogens with one attached hydrogen (secondary N) is 1. The lowest BCUT2D eigenvalue weighted by molar-refractivity contribution is -0.131. The predicted octanol–water partition coefficient (Wildman–Crippen LogP) is 4.08. The van der Waals surface area contributed by atoms with E-state index in [1.54, 1.807) is 6.26 Å². The van der Waals surface area contributed by atoms with E-state index in [1.165, 1.54) is 5.56 Å². The fourth-order valence-electron chi connectivity index (χ4n) is 5.28. The van der Waals surface area contributed by atoms with Crippen molar-refractivity contribution in [3.63, 3.8) is 0 Å². The number of furan rings is 1. The largest absolute Gasteiger partial charge is 0.469 e. The van der Waals surface area contributed by atoms with Crippen LogP contribution < -0.4 is 5.32 Å². The molecule has 1 saturated carbocycles. The van der Waals surface area contributed by atoms with Crippen molar-refractivity contribution in [2.45, 2.75) is 63.3 Å². The molecule has 2 fully saturated rings. The van der Waals surface area contributed by atoms with E-state index in [4.69, 9.17) is 4.42 Å². The van der Waals surface area contributed by atoms with Crippen molar-refractivity contribution in [3.8, 4) is 0 Å². The number of nitrogens with zero attached hydrogens (tertiary/aromatic N) is 1. The van der Waals surface area contributed by atoms with Crippen LogP contribution in [-0.4, -0.2) is 35.8 Å². The molecule has 2 atom stereocenters. The van der Waals surface area contributed by atoms with Crippen molar-refractivity contribution >= 4 is 11.8 Å². The van der Waals surface area contributed by atoms with Gasteiger partial charge in [0, 0.05) is 43.8 Å². The van der Waals surface area contributed by atoms with Gasteiger partial charge in [-0.05, 0) is 42.4 Å². The Morgan fingerprint density at radius 1 is 1.17 bits per heavy atom. The first kappa shape index (κ1) is 20.7. The predicted molar refractivity (Wildman–Crippen MR) is 116 cm³/mol. The van der Waals surface area contributed by atoms with E-state index in [0.29, 0.717) is 25.7 Å². The lowest BCUT2D eigenvalue weighted by Gasteiger charge is -2.31. The van der Waals surface area contributed by atoms with Crippen molar-refractivity contribution in [2.75, 3.05) is 13.6 Å². The Bertz CT molecular complexity index is 906. The van der Waals surface area contributed by atoms with Crippen LogP contribution in [0.2, 0.25) is 0 Å². The van der Waals surface area contributed by atoms with Crippen LogP contribution in [0.3, 0.4) is 0 Å². The highest BCUT2D eigenvalue weighted by molar-refractivity contribution is 5.80. The zero-order valence-electron chi connectivity index (χ0n) is 18.2. The molecule has 1 aliphatic carbocycles. The van der Waals surface area contributed by atoms with Crippen LogP contribution >= 0.6 is 0 Å². The third kappa shape index (κ3) is 3.90. The van der Waals surface area contributed by atoms with Gasteiger partial charge in [-0.2, -0.15) is 0 Å². The number of amides is 2. The van der Waals surface area contributed by atoms with Gasteiger partial charge in [-0.25, -0.2) is 0 Å². The van der Waals surface area contributed by atoms with Gasteiger partial charge in [0.15, 0.2) is 0 Å². The zero-order valence-corrected chi connectivity index (χ0v) is 18.2. The summed E-state index contributed by atoms with van der Waals surface area (Å²) >= 11 is 0. The van der Waals surface area contributed by atoms with E-state index in [9.17, 15) is 9.59 Å². The number of hydrogen-bond donors (Lipinski definition) is 1. The lowest BCUT2D eigenvalue weighted by atomic mass is 9.86. The quantitative estimate of drug-likeness (QED) is 0.716. The molecule has 160 valence electrons. The molecule has 1 aliphatic heterocycles. The molecule has 0 radical (unpaired) electrons. The first-order valence-corrected chi connectivity index (χ1v) is 10.9. The van der Waals surface area contributed by atoms with E-state index in [-0.39, 0.29) is 28.2 Å². The van der Waals surface area contributed by atoms with Gasteiger partial charge in [0.05, 0.1) is 6.26 Å². The maximum atomic E-state index is 13.1. The monoisotopic (exact) mass is 408 g/mol. The van der Waals surface area contributed by atoms with E-state index < -0.39 is 0 Å². The maximum Gasteiger partial charge on any atom is 0.222 e. The van der Waals surface area contributed by atoms with Crippen molar-refractivity contribution in [2.24, 2.45) is 5.41 Å². The Morgan fingerprint density at radius 2 is 1.90 bits per heavy atom. The summed E-state index contributed by atoms with van der Waals surface area (Å²) in [6.07, 6.45) is 5.66. The van der Waals surface area contributed by atoms with Crippen LogP contribution in [0, 0.1) is 5.41 Å². The van der Waals surface area contributed by atoms with Crippen molar-refractivity contribution in [1.82, 2.24) is 10.2 Å². The van der Waals surface area contributed by atoms with E-state index in [1.807, 2.05) is 30.1 Å². The lowest BCUT2D eigenvalue weighted by Crippen LogP contribution is -2.45. The minimum Gasteiger partial charge on any atom is -0.469 e. The minimum atomic E-state index is -0.387. The van der Waals surface area contributed by atoms with Crippen LogP contribution in [0.1, 0.15) is 57.3 Å². The normalized spacial score (nSPS) is 27.0. The number of carbonyl (C=O) groups is 2. The molecule has 30 heavy (non-hydrogen) atoms.